The molecule has 1 aliphatic rings. The molecule has 0 amide bonds. The second-order valence-corrected chi connectivity index (χ2v) is 10.6. The van der Waals surface area contributed by atoms with E-state index in [4.69, 9.17) is 14.2 Å². The minimum atomic E-state index is -1.34. The third kappa shape index (κ3) is 5.06. The van der Waals surface area contributed by atoms with Crippen LogP contribution in [0.25, 0.3) is 11.2 Å². The lowest BCUT2D eigenvalue weighted by Crippen LogP contribution is -2.39. The van der Waals surface area contributed by atoms with Crippen molar-refractivity contribution in [2.75, 3.05) is 32.7 Å². The van der Waals surface area contributed by atoms with Crippen LogP contribution in [0, 0.1) is 0 Å². The minimum Gasteiger partial charge on any atom is -0.497 e. The second-order valence-electron chi connectivity index (χ2n) is 10.6. The number of fused-ring (bicyclic) bond motifs is 1. The Morgan fingerprint density at radius 1 is 0.953 bits per heavy atom. The van der Waals surface area contributed by atoms with Crippen LogP contribution >= 0.6 is 0 Å². The average Bonchev–Trinajstić information content (AvgIpc) is 3.59. The maximum absolute atomic E-state index is 12.6. The number of H-pyrrole nitrogens is 1. The first-order chi connectivity index (χ1) is 20.8. The fraction of sp³-hybridized carbons (Fsp3) is 0.281. The highest BCUT2D eigenvalue weighted by molar-refractivity contribution is 5.71. The van der Waals surface area contributed by atoms with Crippen molar-refractivity contribution in [2.24, 2.45) is 0 Å². The molecule has 1 saturated heterocycles. The Labute approximate surface area is 247 Å². The van der Waals surface area contributed by atoms with Gasteiger partial charge >= 0.3 is 0 Å². The van der Waals surface area contributed by atoms with E-state index in [1.807, 2.05) is 84.9 Å². The van der Waals surface area contributed by atoms with Crippen molar-refractivity contribution in [3.8, 4) is 5.75 Å². The van der Waals surface area contributed by atoms with Gasteiger partial charge in [0.15, 0.2) is 17.4 Å². The predicted molar refractivity (Wildman–Crippen MR) is 160 cm³/mol. The molecule has 3 aromatic carbocycles. The van der Waals surface area contributed by atoms with E-state index in [1.54, 1.807) is 26.1 Å². The highest BCUT2D eigenvalue weighted by Crippen LogP contribution is 2.42. The summed E-state index contributed by atoms with van der Waals surface area (Å²) in [7, 11) is 5.11. The van der Waals surface area contributed by atoms with Crippen molar-refractivity contribution < 1.29 is 24.4 Å². The number of nitrogens with zero attached hydrogens (tertiary/aromatic N) is 4. The first kappa shape index (κ1) is 28.6. The number of aromatic nitrogens is 4. The molecule has 2 aromatic heterocycles. The van der Waals surface area contributed by atoms with Crippen LogP contribution in [0.4, 0.5) is 5.95 Å². The van der Waals surface area contributed by atoms with E-state index in [9.17, 15) is 15.0 Å². The van der Waals surface area contributed by atoms with Crippen LogP contribution in [0.1, 0.15) is 22.9 Å². The fourth-order valence-corrected chi connectivity index (χ4v) is 5.55. The fourth-order valence-electron chi connectivity index (χ4n) is 5.55. The molecular formula is C32H33N5O6. The van der Waals surface area contributed by atoms with E-state index in [-0.39, 0.29) is 17.8 Å². The number of aliphatic hydroxyl groups is 2. The molecule has 222 valence electrons. The maximum Gasteiger partial charge on any atom is 0.280 e. The van der Waals surface area contributed by atoms with Crippen LogP contribution in [0.3, 0.4) is 0 Å². The zero-order chi connectivity index (χ0) is 30.1. The van der Waals surface area contributed by atoms with Gasteiger partial charge in [-0.05, 0) is 28.8 Å². The largest absolute Gasteiger partial charge is 0.497 e. The number of benzene rings is 3. The monoisotopic (exact) mass is 583 g/mol. The molecule has 3 heterocycles. The smallest absolute Gasteiger partial charge is 0.280 e. The summed E-state index contributed by atoms with van der Waals surface area (Å²) in [5.74, 6) is 0.984. The minimum absolute atomic E-state index is 0.0840. The lowest BCUT2D eigenvalue weighted by atomic mass is 9.80. The molecule has 6 rings (SSSR count). The van der Waals surface area contributed by atoms with Gasteiger partial charge < -0.3 is 29.3 Å². The van der Waals surface area contributed by atoms with Crippen LogP contribution in [0.2, 0.25) is 0 Å². The molecular weight excluding hydrogens is 550 g/mol. The van der Waals surface area contributed by atoms with Crippen molar-refractivity contribution in [3.05, 3.63) is 118 Å². The van der Waals surface area contributed by atoms with Gasteiger partial charge in [-0.3, -0.25) is 14.3 Å². The number of hydrogen-bond acceptors (Lipinski definition) is 9. The molecule has 0 spiro atoms. The van der Waals surface area contributed by atoms with Crippen LogP contribution in [-0.4, -0.2) is 75.9 Å². The van der Waals surface area contributed by atoms with E-state index in [0.717, 1.165) is 16.7 Å². The van der Waals surface area contributed by atoms with E-state index < -0.39 is 35.7 Å². The number of hydrogen-bond donors (Lipinski definition) is 3. The number of anilines is 1. The Hall–Kier alpha value is -4.55. The van der Waals surface area contributed by atoms with E-state index in [1.165, 1.54) is 10.9 Å². The molecule has 5 aromatic rings. The van der Waals surface area contributed by atoms with Gasteiger partial charge in [0, 0.05) is 14.1 Å². The van der Waals surface area contributed by atoms with E-state index in [0.29, 0.717) is 11.7 Å². The topological polar surface area (TPSA) is 135 Å². The van der Waals surface area contributed by atoms with Gasteiger partial charge in [-0.2, -0.15) is 4.98 Å². The molecule has 11 heteroatoms. The van der Waals surface area contributed by atoms with Crippen molar-refractivity contribution in [3.63, 3.8) is 0 Å². The molecule has 0 saturated carbocycles. The summed E-state index contributed by atoms with van der Waals surface area (Å²) < 4.78 is 20.1. The van der Waals surface area contributed by atoms with Gasteiger partial charge in [0.25, 0.3) is 5.56 Å². The zero-order valence-electron chi connectivity index (χ0n) is 24.0. The summed E-state index contributed by atoms with van der Waals surface area (Å²) in [4.78, 5) is 25.6. The lowest BCUT2D eigenvalue weighted by molar-refractivity contribution is -0.0942. The molecule has 3 N–H and O–H groups in total. The van der Waals surface area contributed by atoms with Crippen molar-refractivity contribution in [2.45, 2.75) is 30.1 Å². The molecule has 0 aliphatic carbocycles. The summed E-state index contributed by atoms with van der Waals surface area (Å²) in [6.07, 6.45) is -3.24. The standard InChI is InChI=1S/C32H33N5O6/c1-36(2)31-34-28-25(29(40)35-31)33-19-37(28)30-27(39)26(38)24(43-30)18-42-32(20-11-6-4-7-12-20,21-13-8-5-9-14-21)22-15-10-16-23(17-22)41-3/h4-17,19,24,26-27,30,38-39H,18H2,1-3H3,(H,34,35,40)/t24-,26-,27-,30-/m1/s1. The Morgan fingerprint density at radius 3 is 2.23 bits per heavy atom. The molecule has 1 fully saturated rings. The Kier molecular flexibility index (Phi) is 7.72. The molecule has 0 radical (unpaired) electrons. The van der Waals surface area contributed by atoms with Crippen LogP contribution in [-0.2, 0) is 15.1 Å². The number of imidazole rings is 1. The van der Waals surface area contributed by atoms with Crippen molar-refractivity contribution >= 4 is 17.1 Å². The summed E-state index contributed by atoms with van der Waals surface area (Å²) in [6.45, 7) is -0.0840. The Balaban J connectivity index is 1.38. The van der Waals surface area contributed by atoms with Gasteiger partial charge in [0.2, 0.25) is 5.95 Å². The van der Waals surface area contributed by atoms with E-state index >= 15 is 0 Å². The first-order valence-electron chi connectivity index (χ1n) is 13.9. The number of nitrogens with one attached hydrogen (secondary N) is 1. The molecule has 0 unspecified atom stereocenters. The van der Waals surface area contributed by atoms with Crippen LogP contribution in [0.15, 0.2) is 96.1 Å². The van der Waals surface area contributed by atoms with Gasteiger partial charge in [-0.25, -0.2) is 4.98 Å². The third-order valence-corrected chi connectivity index (χ3v) is 7.76. The predicted octanol–water partition coefficient (Wildman–Crippen LogP) is 2.82. The molecule has 11 nitrogen and oxygen atoms in total. The third-order valence-electron chi connectivity index (χ3n) is 7.76. The number of ether oxygens (including phenoxy) is 3. The van der Waals surface area contributed by atoms with Gasteiger partial charge in [0.05, 0.1) is 20.0 Å². The first-order valence-corrected chi connectivity index (χ1v) is 13.9. The number of aromatic amines is 1. The summed E-state index contributed by atoms with van der Waals surface area (Å²) in [5.41, 5.74) is 1.33. The summed E-state index contributed by atoms with van der Waals surface area (Å²) >= 11 is 0. The zero-order valence-corrected chi connectivity index (χ0v) is 24.0. The maximum atomic E-state index is 12.6. The summed E-state index contributed by atoms with van der Waals surface area (Å²) in [5, 5.41) is 22.3. The van der Waals surface area contributed by atoms with Gasteiger partial charge in [-0.15, -0.1) is 0 Å². The SMILES string of the molecule is COc1cccc(C(OC[C@H]2O[C@@H](n3cnc4c(=O)[nH]c(N(C)C)nc43)[C@H](O)[C@@H]2O)(c2ccccc2)c2ccccc2)c1. The highest BCUT2D eigenvalue weighted by atomic mass is 16.6. The molecule has 43 heavy (non-hydrogen) atoms. The average molecular weight is 584 g/mol. The Morgan fingerprint density at radius 2 is 1.60 bits per heavy atom. The highest BCUT2D eigenvalue weighted by Gasteiger charge is 2.47. The molecule has 0 bridgehead atoms. The van der Waals surface area contributed by atoms with Crippen LogP contribution in [0.5, 0.6) is 5.75 Å². The molecule has 4 atom stereocenters. The normalized spacial score (nSPS) is 20.4. The van der Waals surface area contributed by atoms with E-state index in [2.05, 4.69) is 15.0 Å². The number of aliphatic hydroxyl groups excluding tert-OH is 2. The van der Waals surface area contributed by atoms with Crippen molar-refractivity contribution in [1.29, 1.82) is 0 Å². The quantitative estimate of drug-likeness (QED) is 0.224. The van der Waals surface area contributed by atoms with Crippen LogP contribution < -0.4 is 15.2 Å². The lowest BCUT2D eigenvalue weighted by Gasteiger charge is -2.37. The van der Waals surface area contributed by atoms with Gasteiger partial charge in [0.1, 0.15) is 29.7 Å². The Bertz CT molecular complexity index is 1720. The number of methoxy groups -OCH3 is 1. The second kappa shape index (κ2) is 11.6. The van der Waals surface area contributed by atoms with Crippen molar-refractivity contribution in [1.82, 2.24) is 19.5 Å². The molecule has 1 aliphatic heterocycles. The summed E-state index contributed by atoms with van der Waals surface area (Å²) in [6, 6.07) is 27.2. The van der Waals surface area contributed by atoms with Gasteiger partial charge in [-0.1, -0.05) is 72.8 Å². The number of rotatable bonds is 9.